The number of hydrogen-bond donors (Lipinski definition) is 0. The molecule has 170 valence electrons. The maximum Gasteiger partial charge on any atom is 0.406 e. The summed E-state index contributed by atoms with van der Waals surface area (Å²) in [4.78, 5) is 13.1. The fourth-order valence-corrected chi connectivity index (χ4v) is 2.70. The van der Waals surface area contributed by atoms with E-state index in [1.165, 1.54) is 48.5 Å². The molecule has 0 aliphatic rings. The molecule has 0 atom stereocenters. The van der Waals surface area contributed by atoms with Crippen LogP contribution in [0, 0.1) is 11.3 Å². The molecule has 0 heterocycles. The molecule has 0 fully saturated rings. The first-order chi connectivity index (χ1) is 15.1. The molecule has 1 amide bonds. The number of nitriles is 1. The van der Waals surface area contributed by atoms with Gasteiger partial charge in [0.25, 0.3) is 0 Å². The fourth-order valence-electron chi connectivity index (χ4n) is 2.70. The van der Waals surface area contributed by atoms with Gasteiger partial charge in [-0.05, 0) is 48.4 Å². The number of carbonyl (C=O) groups is 1. The lowest BCUT2D eigenvalue weighted by Crippen LogP contribution is -2.37. The lowest BCUT2D eigenvalue weighted by atomic mass is 10.1. The van der Waals surface area contributed by atoms with E-state index in [0.717, 1.165) is 6.08 Å². The minimum Gasteiger partial charge on any atom is -0.490 e. The standard InChI is InChI=1S/C22H19F5N2O3/c1-2-31-19-11-15(7-9-18(19)32-21(23)24)8-10-20(30)29(14-22(25,26)27)13-17-5-3-16(12-28)4-6-17/h3-11,21H,2,13-14H2,1H3/b10-8+. The van der Waals surface area contributed by atoms with Crippen molar-refractivity contribution in [2.45, 2.75) is 26.3 Å². The molecule has 0 saturated carbocycles. The third-order valence-electron chi connectivity index (χ3n) is 4.04. The van der Waals surface area contributed by atoms with Gasteiger partial charge >= 0.3 is 12.8 Å². The van der Waals surface area contributed by atoms with Crippen molar-refractivity contribution >= 4 is 12.0 Å². The van der Waals surface area contributed by atoms with E-state index in [-0.39, 0.29) is 24.7 Å². The average Bonchev–Trinajstić information content (AvgIpc) is 2.72. The number of alkyl halides is 5. The summed E-state index contributed by atoms with van der Waals surface area (Å²) in [7, 11) is 0. The highest BCUT2D eigenvalue weighted by Gasteiger charge is 2.32. The summed E-state index contributed by atoms with van der Waals surface area (Å²) in [6.07, 6.45) is -2.42. The molecule has 0 radical (unpaired) electrons. The molecule has 10 heteroatoms. The number of rotatable bonds is 9. The zero-order chi connectivity index (χ0) is 23.7. The molecule has 0 aromatic heterocycles. The van der Waals surface area contributed by atoms with Crippen molar-refractivity contribution in [3.63, 3.8) is 0 Å². The Morgan fingerprint density at radius 2 is 1.84 bits per heavy atom. The molecule has 0 spiro atoms. The molecule has 0 saturated heterocycles. The molecule has 5 nitrogen and oxygen atoms in total. The lowest BCUT2D eigenvalue weighted by molar-refractivity contribution is -0.159. The Kier molecular flexibility index (Phi) is 8.58. The van der Waals surface area contributed by atoms with Crippen LogP contribution in [0.2, 0.25) is 0 Å². The zero-order valence-electron chi connectivity index (χ0n) is 16.9. The van der Waals surface area contributed by atoms with Gasteiger partial charge in [0.2, 0.25) is 5.91 Å². The monoisotopic (exact) mass is 454 g/mol. The maximum atomic E-state index is 13.0. The molecule has 32 heavy (non-hydrogen) atoms. The molecule has 2 aromatic rings. The highest BCUT2D eigenvalue weighted by Crippen LogP contribution is 2.30. The molecule has 2 rings (SSSR count). The summed E-state index contributed by atoms with van der Waals surface area (Å²) in [5, 5.41) is 8.82. The van der Waals surface area contributed by atoms with E-state index in [1.807, 2.05) is 6.07 Å². The number of hydrogen-bond acceptors (Lipinski definition) is 4. The van der Waals surface area contributed by atoms with E-state index in [9.17, 15) is 26.7 Å². The van der Waals surface area contributed by atoms with Crippen LogP contribution in [-0.2, 0) is 11.3 Å². The Morgan fingerprint density at radius 3 is 2.41 bits per heavy atom. The van der Waals surface area contributed by atoms with E-state index in [2.05, 4.69) is 4.74 Å². The van der Waals surface area contributed by atoms with Crippen molar-refractivity contribution in [1.82, 2.24) is 4.90 Å². The Labute approximate surface area is 181 Å². The average molecular weight is 454 g/mol. The van der Waals surface area contributed by atoms with Gasteiger partial charge in [-0.25, -0.2) is 0 Å². The van der Waals surface area contributed by atoms with Gasteiger partial charge in [0.05, 0.1) is 18.2 Å². The van der Waals surface area contributed by atoms with E-state index in [1.54, 1.807) is 6.92 Å². The summed E-state index contributed by atoms with van der Waals surface area (Å²) in [5.41, 5.74) is 1.10. The van der Waals surface area contributed by atoms with Crippen LogP contribution in [0.25, 0.3) is 6.08 Å². The highest BCUT2D eigenvalue weighted by molar-refractivity contribution is 5.91. The first-order valence-electron chi connectivity index (χ1n) is 9.35. The quantitative estimate of drug-likeness (QED) is 0.388. The normalized spacial score (nSPS) is 11.4. The van der Waals surface area contributed by atoms with Crippen molar-refractivity contribution in [3.8, 4) is 17.6 Å². The second-order valence-electron chi connectivity index (χ2n) is 6.47. The minimum absolute atomic E-state index is 0.00660. The Morgan fingerprint density at radius 1 is 1.16 bits per heavy atom. The van der Waals surface area contributed by atoms with Crippen molar-refractivity contribution in [1.29, 1.82) is 5.26 Å². The Balaban J connectivity index is 2.21. The van der Waals surface area contributed by atoms with Gasteiger partial charge in [-0.2, -0.15) is 27.2 Å². The first kappa shape index (κ1) is 24.7. The molecular formula is C22H19F5N2O3. The van der Waals surface area contributed by atoms with E-state index < -0.39 is 25.2 Å². The zero-order valence-corrected chi connectivity index (χ0v) is 16.9. The minimum atomic E-state index is -4.62. The van der Waals surface area contributed by atoms with Gasteiger partial charge in [-0.15, -0.1) is 0 Å². The highest BCUT2D eigenvalue weighted by atomic mass is 19.4. The number of halogens is 5. The fraction of sp³-hybridized carbons (Fsp3) is 0.273. The predicted molar refractivity (Wildman–Crippen MR) is 106 cm³/mol. The Hall–Kier alpha value is -3.61. The summed E-state index contributed by atoms with van der Waals surface area (Å²) >= 11 is 0. The van der Waals surface area contributed by atoms with E-state index in [0.29, 0.717) is 21.6 Å². The van der Waals surface area contributed by atoms with Gasteiger partial charge in [0.1, 0.15) is 6.54 Å². The van der Waals surface area contributed by atoms with Crippen LogP contribution >= 0.6 is 0 Å². The largest absolute Gasteiger partial charge is 0.490 e. The van der Waals surface area contributed by atoms with Crippen LogP contribution in [0.3, 0.4) is 0 Å². The molecule has 0 aliphatic heterocycles. The van der Waals surface area contributed by atoms with Crippen LogP contribution in [0.4, 0.5) is 22.0 Å². The molecule has 0 bridgehead atoms. The van der Waals surface area contributed by atoms with Gasteiger partial charge in [-0.3, -0.25) is 4.79 Å². The van der Waals surface area contributed by atoms with E-state index >= 15 is 0 Å². The Bertz CT molecular complexity index is 983. The van der Waals surface area contributed by atoms with Crippen molar-refractivity contribution < 1.29 is 36.2 Å². The van der Waals surface area contributed by atoms with Crippen LogP contribution < -0.4 is 9.47 Å². The molecule has 0 N–H and O–H groups in total. The van der Waals surface area contributed by atoms with Gasteiger partial charge in [0, 0.05) is 12.6 Å². The number of ether oxygens (including phenoxy) is 2. The van der Waals surface area contributed by atoms with Gasteiger partial charge in [0.15, 0.2) is 11.5 Å². The molecular weight excluding hydrogens is 435 g/mol. The van der Waals surface area contributed by atoms with Crippen LogP contribution in [0.15, 0.2) is 48.5 Å². The lowest BCUT2D eigenvalue weighted by Gasteiger charge is -2.23. The first-order valence-corrected chi connectivity index (χ1v) is 9.35. The van der Waals surface area contributed by atoms with Crippen molar-refractivity contribution in [2.75, 3.05) is 13.2 Å². The molecule has 0 unspecified atom stereocenters. The molecule has 0 aliphatic carbocycles. The number of amides is 1. The number of nitrogens with zero attached hydrogens (tertiary/aromatic N) is 2. The predicted octanol–water partition coefficient (Wildman–Crippen LogP) is 5.16. The van der Waals surface area contributed by atoms with Crippen molar-refractivity contribution in [2.24, 2.45) is 0 Å². The summed E-state index contributed by atoms with van der Waals surface area (Å²) in [6.45, 7) is -3.05. The van der Waals surface area contributed by atoms with Crippen LogP contribution in [0.5, 0.6) is 11.5 Å². The molecule has 2 aromatic carbocycles. The third-order valence-corrected chi connectivity index (χ3v) is 4.04. The smallest absolute Gasteiger partial charge is 0.406 e. The van der Waals surface area contributed by atoms with Crippen LogP contribution in [0.1, 0.15) is 23.6 Å². The maximum absolute atomic E-state index is 13.0. The third kappa shape index (κ3) is 7.91. The summed E-state index contributed by atoms with van der Waals surface area (Å²) in [5.74, 6) is -1.10. The SMILES string of the molecule is CCOc1cc(/C=C/C(=O)N(Cc2ccc(C#N)cc2)CC(F)(F)F)ccc1OC(F)F. The van der Waals surface area contributed by atoms with E-state index in [4.69, 9.17) is 10.00 Å². The van der Waals surface area contributed by atoms with Gasteiger partial charge in [-0.1, -0.05) is 18.2 Å². The summed E-state index contributed by atoms with van der Waals surface area (Å²) < 4.78 is 73.5. The summed E-state index contributed by atoms with van der Waals surface area (Å²) in [6, 6.07) is 11.6. The van der Waals surface area contributed by atoms with Crippen LogP contribution in [-0.4, -0.2) is 36.7 Å². The van der Waals surface area contributed by atoms with Crippen molar-refractivity contribution in [3.05, 3.63) is 65.2 Å². The number of benzene rings is 2. The second-order valence-corrected chi connectivity index (χ2v) is 6.47. The second kappa shape index (κ2) is 11.1. The van der Waals surface area contributed by atoms with Gasteiger partial charge < -0.3 is 14.4 Å². The topological polar surface area (TPSA) is 62.6 Å². The number of carbonyl (C=O) groups excluding carboxylic acids is 1.